The van der Waals surface area contributed by atoms with Gasteiger partial charge in [0.1, 0.15) is 15.6 Å². The Kier molecular flexibility index (Phi) is 5.49. The molecule has 5 nitrogen and oxygen atoms in total. The van der Waals surface area contributed by atoms with Crippen molar-refractivity contribution in [2.24, 2.45) is 0 Å². The molecule has 2 rings (SSSR count). The highest BCUT2D eigenvalue weighted by Crippen LogP contribution is 2.23. The zero-order valence-corrected chi connectivity index (χ0v) is 15.3. The van der Waals surface area contributed by atoms with Gasteiger partial charge in [-0.05, 0) is 31.0 Å². The van der Waals surface area contributed by atoms with Gasteiger partial charge in [-0.15, -0.1) is 0 Å². The van der Waals surface area contributed by atoms with E-state index in [2.05, 4.69) is 6.92 Å². The summed E-state index contributed by atoms with van der Waals surface area (Å²) in [6.07, 6.45) is 2.12. The smallest absolute Gasteiger partial charge is 0.289 e. The van der Waals surface area contributed by atoms with Crippen LogP contribution in [0.1, 0.15) is 30.0 Å². The molecule has 130 valence electrons. The summed E-state index contributed by atoms with van der Waals surface area (Å²) in [5.41, 5.74) is 2.13. The molecule has 6 heteroatoms. The molecule has 1 aromatic heterocycles. The molecule has 0 saturated heterocycles. The number of carbonyl (C=O) groups is 1. The number of carbonyl (C=O) groups excluding carboxylic acids is 1. The zero-order chi connectivity index (χ0) is 17.9. The maximum absolute atomic E-state index is 12.5. The fraction of sp³-hybridized carbons (Fsp3) is 0.389. The van der Waals surface area contributed by atoms with Crippen LogP contribution in [0.5, 0.6) is 0 Å². The molecule has 1 amide bonds. The van der Waals surface area contributed by atoms with E-state index in [-0.39, 0.29) is 17.4 Å². The molecule has 0 spiro atoms. The molecule has 0 saturated carbocycles. The average Bonchev–Trinajstić information content (AvgIpc) is 3.01. The minimum Gasteiger partial charge on any atom is -0.451 e. The van der Waals surface area contributed by atoms with E-state index >= 15 is 0 Å². The van der Waals surface area contributed by atoms with E-state index in [9.17, 15) is 13.2 Å². The topological polar surface area (TPSA) is 67.6 Å². The van der Waals surface area contributed by atoms with Gasteiger partial charge in [-0.1, -0.05) is 31.2 Å². The van der Waals surface area contributed by atoms with Crippen molar-refractivity contribution in [3.05, 3.63) is 47.7 Å². The third-order valence-electron chi connectivity index (χ3n) is 3.99. The predicted octanol–water partition coefficient (Wildman–Crippen LogP) is 3.01. The van der Waals surface area contributed by atoms with Gasteiger partial charge in [-0.3, -0.25) is 4.79 Å². The highest BCUT2D eigenvalue weighted by molar-refractivity contribution is 7.90. The molecule has 1 heterocycles. The maximum Gasteiger partial charge on any atom is 0.289 e. The van der Waals surface area contributed by atoms with Gasteiger partial charge in [0.15, 0.2) is 5.76 Å². The summed E-state index contributed by atoms with van der Waals surface area (Å²) < 4.78 is 28.4. The van der Waals surface area contributed by atoms with Gasteiger partial charge < -0.3 is 9.32 Å². The first kappa shape index (κ1) is 18.3. The third kappa shape index (κ3) is 4.47. The molecule has 0 aliphatic heterocycles. The minimum atomic E-state index is -3.15. The van der Waals surface area contributed by atoms with Gasteiger partial charge in [-0.25, -0.2) is 8.42 Å². The Hall–Kier alpha value is -2.08. The van der Waals surface area contributed by atoms with E-state index in [4.69, 9.17) is 4.42 Å². The molecule has 1 atom stereocenters. The van der Waals surface area contributed by atoms with Crippen LogP contribution in [0.15, 0.2) is 40.8 Å². The Morgan fingerprint density at radius 1 is 1.17 bits per heavy atom. The second kappa shape index (κ2) is 7.21. The number of hydrogen-bond acceptors (Lipinski definition) is 4. The summed E-state index contributed by atoms with van der Waals surface area (Å²) in [6, 6.07) is 10.9. The van der Waals surface area contributed by atoms with Crippen molar-refractivity contribution < 1.29 is 17.6 Å². The first-order chi connectivity index (χ1) is 11.2. The van der Waals surface area contributed by atoms with Crippen LogP contribution in [-0.4, -0.2) is 44.3 Å². The molecule has 0 unspecified atom stereocenters. The highest BCUT2D eigenvalue weighted by Gasteiger charge is 2.23. The first-order valence-corrected chi connectivity index (χ1v) is 9.91. The van der Waals surface area contributed by atoms with Crippen LogP contribution in [0.4, 0.5) is 0 Å². The Labute approximate surface area is 143 Å². The lowest BCUT2D eigenvalue weighted by Crippen LogP contribution is -2.39. The van der Waals surface area contributed by atoms with E-state index in [0.717, 1.165) is 18.2 Å². The number of benzene rings is 1. The van der Waals surface area contributed by atoms with Crippen LogP contribution < -0.4 is 0 Å². The normalized spacial score (nSPS) is 12.8. The van der Waals surface area contributed by atoms with Gasteiger partial charge in [0, 0.05) is 24.9 Å². The van der Waals surface area contributed by atoms with Gasteiger partial charge in [0.25, 0.3) is 5.91 Å². The van der Waals surface area contributed by atoms with E-state index in [1.807, 2.05) is 24.3 Å². The standard InChI is InChI=1S/C18H23NO4S/c1-5-14-6-8-15(9-7-14)16-10-11-17(23-16)18(20)19(3)13(2)12-24(4,21)22/h6-11,13H,5,12H2,1-4H3/t13-/m1/s1. The van der Waals surface area contributed by atoms with E-state index in [1.54, 1.807) is 26.1 Å². The molecule has 0 aliphatic carbocycles. The van der Waals surface area contributed by atoms with Crippen LogP contribution >= 0.6 is 0 Å². The van der Waals surface area contributed by atoms with Gasteiger partial charge >= 0.3 is 0 Å². The van der Waals surface area contributed by atoms with Gasteiger partial charge in [0.2, 0.25) is 0 Å². The first-order valence-electron chi connectivity index (χ1n) is 7.85. The number of hydrogen-bond donors (Lipinski definition) is 0. The SMILES string of the molecule is CCc1ccc(-c2ccc(C(=O)N(C)[C@H](C)CS(C)(=O)=O)o2)cc1. The Morgan fingerprint density at radius 3 is 2.33 bits per heavy atom. The molecule has 0 N–H and O–H groups in total. The van der Waals surface area contributed by atoms with Gasteiger partial charge in [0.05, 0.1) is 5.75 Å². The summed E-state index contributed by atoms with van der Waals surface area (Å²) >= 11 is 0. The third-order valence-corrected chi connectivity index (χ3v) is 5.08. The van der Waals surface area contributed by atoms with E-state index in [1.165, 1.54) is 10.5 Å². The van der Waals surface area contributed by atoms with E-state index in [0.29, 0.717) is 5.76 Å². The molecule has 0 radical (unpaired) electrons. The molecule has 2 aromatic rings. The molecule has 0 aliphatic rings. The summed E-state index contributed by atoms with van der Waals surface area (Å²) in [6.45, 7) is 3.79. The minimum absolute atomic E-state index is 0.0821. The second-order valence-electron chi connectivity index (χ2n) is 6.07. The van der Waals surface area contributed by atoms with Crippen molar-refractivity contribution in [1.29, 1.82) is 0 Å². The lowest BCUT2D eigenvalue weighted by atomic mass is 10.1. The number of sulfone groups is 1. The van der Waals surface area contributed by atoms with Crippen LogP contribution in [0, 0.1) is 0 Å². The molecular weight excluding hydrogens is 326 g/mol. The number of rotatable bonds is 6. The molecule has 24 heavy (non-hydrogen) atoms. The summed E-state index contributed by atoms with van der Waals surface area (Å²) in [5, 5.41) is 0. The lowest BCUT2D eigenvalue weighted by Gasteiger charge is -2.23. The summed E-state index contributed by atoms with van der Waals surface area (Å²) in [4.78, 5) is 13.8. The molecule has 0 fully saturated rings. The monoisotopic (exact) mass is 349 g/mol. The van der Waals surface area contributed by atoms with Crippen molar-refractivity contribution in [2.45, 2.75) is 26.3 Å². The van der Waals surface area contributed by atoms with Crippen LogP contribution in [0.25, 0.3) is 11.3 Å². The van der Waals surface area contributed by atoms with Crippen molar-refractivity contribution in [2.75, 3.05) is 19.1 Å². The fourth-order valence-electron chi connectivity index (χ4n) is 2.44. The maximum atomic E-state index is 12.5. The van der Waals surface area contributed by atoms with Crippen molar-refractivity contribution in [1.82, 2.24) is 4.90 Å². The van der Waals surface area contributed by atoms with Crippen molar-refractivity contribution in [3.63, 3.8) is 0 Å². The molecular formula is C18H23NO4S. The lowest BCUT2D eigenvalue weighted by molar-refractivity contribution is 0.0725. The number of furan rings is 1. The fourth-order valence-corrected chi connectivity index (χ4v) is 3.54. The number of nitrogens with zero attached hydrogens (tertiary/aromatic N) is 1. The van der Waals surface area contributed by atoms with Crippen molar-refractivity contribution >= 4 is 15.7 Å². The van der Waals surface area contributed by atoms with Crippen LogP contribution in [-0.2, 0) is 16.3 Å². The van der Waals surface area contributed by atoms with Crippen LogP contribution in [0.3, 0.4) is 0 Å². The number of amides is 1. The van der Waals surface area contributed by atoms with Crippen LogP contribution in [0.2, 0.25) is 0 Å². The summed E-state index contributed by atoms with van der Waals surface area (Å²) in [5.74, 6) is 0.404. The van der Waals surface area contributed by atoms with E-state index < -0.39 is 15.9 Å². The second-order valence-corrected chi connectivity index (χ2v) is 8.26. The largest absolute Gasteiger partial charge is 0.451 e. The predicted molar refractivity (Wildman–Crippen MR) is 94.8 cm³/mol. The zero-order valence-electron chi connectivity index (χ0n) is 14.4. The average molecular weight is 349 g/mol. The molecule has 1 aromatic carbocycles. The Bertz CT molecular complexity index is 806. The Morgan fingerprint density at radius 2 is 1.79 bits per heavy atom. The van der Waals surface area contributed by atoms with Gasteiger partial charge in [-0.2, -0.15) is 0 Å². The number of aryl methyl sites for hydroxylation is 1. The Balaban J connectivity index is 2.15. The highest BCUT2D eigenvalue weighted by atomic mass is 32.2. The van der Waals surface area contributed by atoms with Crippen molar-refractivity contribution in [3.8, 4) is 11.3 Å². The quantitative estimate of drug-likeness (QED) is 0.804. The molecule has 0 bridgehead atoms. The summed E-state index contributed by atoms with van der Waals surface area (Å²) in [7, 11) is -1.57.